The van der Waals surface area contributed by atoms with E-state index in [0.29, 0.717) is 13.0 Å². The number of hydrogen-bond donors (Lipinski definition) is 2. The number of halogens is 1. The van der Waals surface area contributed by atoms with Crippen LogP contribution in [0, 0.1) is 5.41 Å². The molecule has 0 saturated heterocycles. The van der Waals surface area contributed by atoms with Gasteiger partial charge in [-0.3, -0.25) is 9.59 Å². The first-order chi connectivity index (χ1) is 11.5. The van der Waals surface area contributed by atoms with Gasteiger partial charge in [-0.1, -0.05) is 49.6 Å². The molecule has 0 heterocycles. The summed E-state index contributed by atoms with van der Waals surface area (Å²) in [5, 5.41) is 0. The van der Waals surface area contributed by atoms with E-state index in [9.17, 15) is 9.59 Å². The summed E-state index contributed by atoms with van der Waals surface area (Å²) in [4.78, 5) is 26.1. The van der Waals surface area contributed by atoms with Crippen LogP contribution >= 0.6 is 12.4 Å². The fourth-order valence-corrected chi connectivity index (χ4v) is 3.70. The zero-order chi connectivity index (χ0) is 17.6. The van der Waals surface area contributed by atoms with Crippen LogP contribution in [-0.2, 0) is 9.59 Å². The Morgan fingerprint density at radius 2 is 1.76 bits per heavy atom. The molecular formula is C19H30ClN3O2. The van der Waals surface area contributed by atoms with E-state index in [1.165, 1.54) is 6.42 Å². The normalized spacial score (nSPS) is 17.2. The average Bonchev–Trinajstić information content (AvgIpc) is 2.60. The molecule has 1 saturated carbocycles. The van der Waals surface area contributed by atoms with E-state index < -0.39 is 5.91 Å². The lowest BCUT2D eigenvalue weighted by atomic mass is 9.71. The van der Waals surface area contributed by atoms with Crippen molar-refractivity contribution in [2.75, 3.05) is 13.1 Å². The van der Waals surface area contributed by atoms with E-state index in [2.05, 4.69) is 0 Å². The van der Waals surface area contributed by atoms with Crippen molar-refractivity contribution in [1.82, 2.24) is 4.90 Å². The third-order valence-corrected chi connectivity index (χ3v) is 5.27. The molecule has 0 bridgehead atoms. The number of nitrogens with two attached hydrogens (primary N) is 2. The van der Waals surface area contributed by atoms with Gasteiger partial charge in [0.25, 0.3) is 0 Å². The van der Waals surface area contributed by atoms with E-state index in [4.69, 9.17) is 11.5 Å². The van der Waals surface area contributed by atoms with Gasteiger partial charge in [0.2, 0.25) is 11.8 Å². The minimum absolute atomic E-state index is 0. The van der Waals surface area contributed by atoms with Crippen molar-refractivity contribution in [1.29, 1.82) is 0 Å². The lowest BCUT2D eigenvalue weighted by Crippen LogP contribution is -2.44. The average molecular weight is 368 g/mol. The van der Waals surface area contributed by atoms with Crippen molar-refractivity contribution in [3.8, 4) is 0 Å². The zero-order valence-electron chi connectivity index (χ0n) is 14.9. The molecule has 6 heteroatoms. The second-order valence-electron chi connectivity index (χ2n) is 7.02. The van der Waals surface area contributed by atoms with Crippen molar-refractivity contribution in [2.45, 2.75) is 51.5 Å². The van der Waals surface area contributed by atoms with Crippen LogP contribution in [0.1, 0.15) is 57.1 Å². The smallest absolute Gasteiger partial charge is 0.237 e. The molecule has 1 aromatic rings. The standard InChI is InChI=1S/C19H29N3O2.ClH/c1-15(16-8-4-2-5-9-16)22(13-17(21)23)18(24)12-19(14-20)10-6-3-7-11-19;/h2,4-5,8-9,15H,3,6-7,10-14,20H2,1H3,(H2,21,23);1H/t15-;/m1./s1. The molecule has 0 radical (unpaired) electrons. The predicted molar refractivity (Wildman–Crippen MR) is 102 cm³/mol. The third kappa shape index (κ3) is 5.72. The van der Waals surface area contributed by atoms with E-state index in [-0.39, 0.29) is 36.3 Å². The highest BCUT2D eigenvalue weighted by Crippen LogP contribution is 2.39. The zero-order valence-corrected chi connectivity index (χ0v) is 15.8. The maximum Gasteiger partial charge on any atom is 0.237 e. The Hall–Kier alpha value is -1.59. The highest BCUT2D eigenvalue weighted by molar-refractivity contribution is 5.85. The summed E-state index contributed by atoms with van der Waals surface area (Å²) in [5.74, 6) is -0.519. The van der Waals surface area contributed by atoms with E-state index in [1.54, 1.807) is 4.90 Å². The number of rotatable bonds is 7. The van der Waals surface area contributed by atoms with Gasteiger partial charge >= 0.3 is 0 Å². The minimum Gasteiger partial charge on any atom is -0.368 e. The van der Waals surface area contributed by atoms with E-state index in [1.807, 2.05) is 37.3 Å². The highest BCUT2D eigenvalue weighted by atomic mass is 35.5. The van der Waals surface area contributed by atoms with E-state index >= 15 is 0 Å². The predicted octanol–water partition coefficient (Wildman–Crippen LogP) is 2.78. The summed E-state index contributed by atoms with van der Waals surface area (Å²) in [7, 11) is 0. The topological polar surface area (TPSA) is 89.4 Å². The first kappa shape index (κ1) is 21.5. The van der Waals surface area contributed by atoms with Crippen molar-refractivity contribution >= 4 is 24.2 Å². The molecule has 1 aromatic carbocycles. The number of carbonyl (C=O) groups is 2. The van der Waals surface area contributed by atoms with Crippen LogP contribution in [0.4, 0.5) is 0 Å². The largest absolute Gasteiger partial charge is 0.368 e. The summed E-state index contributed by atoms with van der Waals surface area (Å²) in [6.07, 6.45) is 5.82. The molecule has 0 spiro atoms. The highest BCUT2D eigenvalue weighted by Gasteiger charge is 2.35. The molecule has 0 unspecified atom stereocenters. The number of carbonyl (C=O) groups excluding carboxylic acids is 2. The summed E-state index contributed by atoms with van der Waals surface area (Å²) < 4.78 is 0. The van der Waals surface area contributed by atoms with Crippen LogP contribution in [0.15, 0.2) is 30.3 Å². The van der Waals surface area contributed by atoms with Crippen LogP contribution < -0.4 is 11.5 Å². The molecule has 1 fully saturated rings. The quantitative estimate of drug-likeness (QED) is 0.776. The van der Waals surface area contributed by atoms with Gasteiger partial charge in [-0.2, -0.15) is 0 Å². The number of nitrogens with zero attached hydrogens (tertiary/aromatic N) is 1. The Morgan fingerprint density at radius 1 is 1.16 bits per heavy atom. The Bertz CT molecular complexity index is 559. The second-order valence-corrected chi connectivity index (χ2v) is 7.02. The summed E-state index contributed by atoms with van der Waals surface area (Å²) in [5.41, 5.74) is 12.3. The van der Waals surface area contributed by atoms with Crippen molar-refractivity contribution in [3.05, 3.63) is 35.9 Å². The summed E-state index contributed by atoms with van der Waals surface area (Å²) in [6, 6.07) is 9.53. The molecule has 0 aliphatic heterocycles. The third-order valence-electron chi connectivity index (χ3n) is 5.27. The molecule has 1 aliphatic carbocycles. The first-order valence-corrected chi connectivity index (χ1v) is 8.80. The maximum atomic E-state index is 13.0. The fraction of sp³-hybridized carbons (Fsp3) is 0.579. The SMILES string of the molecule is C[C@H](c1ccccc1)N(CC(N)=O)C(=O)CC1(CN)CCCCC1.Cl. The molecule has 5 nitrogen and oxygen atoms in total. The Kier molecular flexibility index (Phi) is 8.39. The van der Waals surface area contributed by atoms with Gasteiger partial charge in [-0.25, -0.2) is 0 Å². The Labute approximate surface area is 156 Å². The molecule has 1 aliphatic rings. The lowest BCUT2D eigenvalue weighted by molar-refractivity contribution is -0.140. The Balaban J connectivity index is 0.00000312. The van der Waals surface area contributed by atoms with Crippen LogP contribution in [0.5, 0.6) is 0 Å². The second kappa shape index (κ2) is 9.78. The van der Waals surface area contributed by atoms with E-state index in [0.717, 1.165) is 31.2 Å². The van der Waals surface area contributed by atoms with Gasteiger partial charge < -0.3 is 16.4 Å². The molecule has 25 heavy (non-hydrogen) atoms. The number of benzene rings is 1. The Morgan fingerprint density at radius 3 is 2.28 bits per heavy atom. The van der Waals surface area contributed by atoms with Gasteiger partial charge in [0.1, 0.15) is 0 Å². The van der Waals surface area contributed by atoms with Gasteiger partial charge in [0, 0.05) is 6.42 Å². The maximum absolute atomic E-state index is 13.0. The summed E-state index contributed by atoms with van der Waals surface area (Å²) >= 11 is 0. The minimum atomic E-state index is -0.489. The number of hydrogen-bond acceptors (Lipinski definition) is 3. The fourth-order valence-electron chi connectivity index (χ4n) is 3.70. The molecule has 0 aromatic heterocycles. The van der Waals surface area contributed by atoms with Gasteiger partial charge in [0.15, 0.2) is 0 Å². The van der Waals surface area contributed by atoms with Crippen molar-refractivity contribution < 1.29 is 9.59 Å². The van der Waals surface area contributed by atoms with Crippen LogP contribution in [-0.4, -0.2) is 29.8 Å². The molecule has 1 atom stereocenters. The van der Waals surface area contributed by atoms with Gasteiger partial charge in [-0.05, 0) is 37.3 Å². The molecule has 4 N–H and O–H groups in total. The van der Waals surface area contributed by atoms with Gasteiger partial charge in [-0.15, -0.1) is 12.4 Å². The van der Waals surface area contributed by atoms with Crippen LogP contribution in [0.25, 0.3) is 0 Å². The molecule has 2 rings (SSSR count). The summed E-state index contributed by atoms with van der Waals surface area (Å²) in [6.45, 7) is 2.39. The van der Waals surface area contributed by atoms with Crippen LogP contribution in [0.2, 0.25) is 0 Å². The van der Waals surface area contributed by atoms with Crippen molar-refractivity contribution in [3.63, 3.8) is 0 Å². The van der Waals surface area contributed by atoms with Crippen LogP contribution in [0.3, 0.4) is 0 Å². The molecule has 2 amide bonds. The van der Waals surface area contributed by atoms with Crippen molar-refractivity contribution in [2.24, 2.45) is 16.9 Å². The van der Waals surface area contributed by atoms with Gasteiger partial charge in [0.05, 0.1) is 12.6 Å². The number of amides is 2. The lowest BCUT2D eigenvalue weighted by Gasteiger charge is -2.38. The molecular weight excluding hydrogens is 338 g/mol. The monoisotopic (exact) mass is 367 g/mol. The molecule has 140 valence electrons. The first-order valence-electron chi connectivity index (χ1n) is 8.80. The number of primary amides is 1.